The molecular weight excluding hydrogens is 370 g/mol. The number of ether oxygens (including phenoxy) is 1. The van der Waals surface area contributed by atoms with Crippen LogP contribution in [-0.2, 0) is 11.3 Å². The molecule has 1 amide bonds. The number of aromatic amines is 1. The van der Waals surface area contributed by atoms with Gasteiger partial charge >= 0.3 is 0 Å². The SMILES string of the molecule is COc1cc(CNC(=O)C2CC2)ccc1-c1cc(Nc2cnc(C#N)cn2)n[nH]1. The topological polar surface area (TPSA) is 129 Å². The number of amides is 1. The number of hydrogen-bond acceptors (Lipinski definition) is 7. The van der Waals surface area contributed by atoms with Gasteiger partial charge in [0.1, 0.15) is 17.6 Å². The highest BCUT2D eigenvalue weighted by atomic mass is 16.5. The van der Waals surface area contributed by atoms with Gasteiger partial charge in [-0.05, 0) is 30.5 Å². The third-order valence-corrected chi connectivity index (χ3v) is 4.57. The van der Waals surface area contributed by atoms with E-state index in [-0.39, 0.29) is 17.5 Å². The molecule has 1 fully saturated rings. The van der Waals surface area contributed by atoms with E-state index in [2.05, 4.69) is 30.8 Å². The second-order valence-corrected chi connectivity index (χ2v) is 6.72. The first-order valence-corrected chi connectivity index (χ1v) is 9.16. The largest absolute Gasteiger partial charge is 0.496 e. The highest BCUT2D eigenvalue weighted by Crippen LogP contribution is 2.32. The molecule has 1 aliphatic carbocycles. The van der Waals surface area contributed by atoms with E-state index in [1.54, 1.807) is 7.11 Å². The molecule has 29 heavy (non-hydrogen) atoms. The van der Waals surface area contributed by atoms with Gasteiger partial charge in [-0.15, -0.1) is 0 Å². The molecule has 0 spiro atoms. The van der Waals surface area contributed by atoms with Crippen LogP contribution < -0.4 is 15.4 Å². The van der Waals surface area contributed by atoms with E-state index < -0.39 is 0 Å². The molecule has 3 N–H and O–H groups in total. The fourth-order valence-electron chi connectivity index (χ4n) is 2.85. The summed E-state index contributed by atoms with van der Waals surface area (Å²) in [4.78, 5) is 19.9. The summed E-state index contributed by atoms with van der Waals surface area (Å²) >= 11 is 0. The molecule has 9 heteroatoms. The average molecular weight is 389 g/mol. The van der Waals surface area contributed by atoms with Gasteiger partial charge in [0.15, 0.2) is 11.5 Å². The zero-order valence-electron chi connectivity index (χ0n) is 15.8. The van der Waals surface area contributed by atoms with Crippen molar-refractivity contribution in [1.82, 2.24) is 25.5 Å². The summed E-state index contributed by atoms with van der Waals surface area (Å²) in [6.45, 7) is 0.471. The minimum Gasteiger partial charge on any atom is -0.496 e. The third-order valence-electron chi connectivity index (χ3n) is 4.57. The summed E-state index contributed by atoms with van der Waals surface area (Å²) in [7, 11) is 1.60. The lowest BCUT2D eigenvalue weighted by Crippen LogP contribution is -2.24. The van der Waals surface area contributed by atoms with Crippen LogP contribution in [0, 0.1) is 17.2 Å². The van der Waals surface area contributed by atoms with Crippen LogP contribution >= 0.6 is 0 Å². The van der Waals surface area contributed by atoms with Crippen LogP contribution in [0.25, 0.3) is 11.3 Å². The molecular formula is C20H19N7O2. The minimum atomic E-state index is 0.114. The zero-order valence-corrected chi connectivity index (χ0v) is 15.8. The molecule has 1 aliphatic rings. The van der Waals surface area contributed by atoms with Crippen molar-refractivity contribution < 1.29 is 9.53 Å². The minimum absolute atomic E-state index is 0.114. The Hall–Kier alpha value is -3.93. The molecule has 0 unspecified atom stereocenters. The molecule has 146 valence electrons. The normalized spacial score (nSPS) is 12.8. The Morgan fingerprint density at radius 2 is 2.14 bits per heavy atom. The van der Waals surface area contributed by atoms with E-state index in [1.165, 1.54) is 12.4 Å². The van der Waals surface area contributed by atoms with Gasteiger partial charge in [0.2, 0.25) is 5.91 Å². The molecule has 0 atom stereocenters. The molecule has 0 bridgehead atoms. The highest BCUT2D eigenvalue weighted by Gasteiger charge is 2.29. The molecule has 0 aliphatic heterocycles. The molecule has 9 nitrogen and oxygen atoms in total. The molecule has 0 saturated heterocycles. The Morgan fingerprint density at radius 3 is 2.83 bits per heavy atom. The second-order valence-electron chi connectivity index (χ2n) is 6.72. The second kappa shape index (κ2) is 7.98. The third kappa shape index (κ3) is 4.32. The first-order chi connectivity index (χ1) is 14.2. The summed E-state index contributed by atoms with van der Waals surface area (Å²) < 4.78 is 5.53. The van der Waals surface area contributed by atoms with Crippen molar-refractivity contribution in [2.75, 3.05) is 12.4 Å². The summed E-state index contributed by atoms with van der Waals surface area (Å²) in [5.74, 6) is 2.02. The van der Waals surface area contributed by atoms with E-state index >= 15 is 0 Å². The number of rotatable bonds is 7. The summed E-state index contributed by atoms with van der Waals surface area (Å²) in [6.07, 6.45) is 4.83. The van der Waals surface area contributed by atoms with E-state index in [1.807, 2.05) is 30.3 Å². The number of methoxy groups -OCH3 is 1. The number of nitrogens with zero attached hydrogens (tertiary/aromatic N) is 4. The van der Waals surface area contributed by atoms with E-state index in [9.17, 15) is 4.79 Å². The molecule has 0 radical (unpaired) electrons. The quantitative estimate of drug-likeness (QED) is 0.566. The van der Waals surface area contributed by atoms with Crippen molar-refractivity contribution in [1.29, 1.82) is 5.26 Å². The van der Waals surface area contributed by atoms with Crippen LogP contribution in [0.15, 0.2) is 36.7 Å². The Labute approximate surface area is 167 Å². The maximum atomic E-state index is 11.8. The summed E-state index contributed by atoms with van der Waals surface area (Å²) in [6, 6.07) is 9.53. The van der Waals surface area contributed by atoms with Crippen LogP contribution in [-0.4, -0.2) is 33.2 Å². The first kappa shape index (κ1) is 18.4. The fourth-order valence-corrected chi connectivity index (χ4v) is 2.85. The number of hydrogen-bond donors (Lipinski definition) is 3. The van der Waals surface area contributed by atoms with Gasteiger partial charge in [-0.1, -0.05) is 6.07 Å². The van der Waals surface area contributed by atoms with E-state index in [0.29, 0.717) is 23.9 Å². The molecule has 2 heterocycles. The van der Waals surface area contributed by atoms with Gasteiger partial charge in [-0.25, -0.2) is 9.97 Å². The Kier molecular flexibility index (Phi) is 5.07. The van der Waals surface area contributed by atoms with Crippen LogP contribution in [0.3, 0.4) is 0 Å². The summed E-state index contributed by atoms with van der Waals surface area (Å²) in [5, 5.41) is 22.0. The number of benzene rings is 1. The number of nitriles is 1. The number of anilines is 2. The average Bonchev–Trinajstić information content (AvgIpc) is 3.52. The maximum absolute atomic E-state index is 11.8. The van der Waals surface area contributed by atoms with Crippen LogP contribution in [0.4, 0.5) is 11.6 Å². The molecule has 2 aromatic heterocycles. The predicted octanol–water partition coefficient (Wildman–Crippen LogP) is 2.52. The van der Waals surface area contributed by atoms with Crippen molar-refractivity contribution in [3.05, 3.63) is 47.9 Å². The van der Waals surface area contributed by atoms with Crippen molar-refractivity contribution in [3.8, 4) is 23.1 Å². The Balaban J connectivity index is 1.47. The molecule has 1 aromatic carbocycles. The first-order valence-electron chi connectivity index (χ1n) is 9.16. The number of nitrogens with one attached hydrogen (secondary N) is 3. The molecule has 4 rings (SSSR count). The number of carbonyl (C=O) groups is 1. The van der Waals surface area contributed by atoms with Gasteiger partial charge in [0.05, 0.1) is 25.2 Å². The van der Waals surface area contributed by atoms with Gasteiger partial charge in [-0.3, -0.25) is 9.89 Å². The van der Waals surface area contributed by atoms with Crippen molar-refractivity contribution >= 4 is 17.5 Å². The predicted molar refractivity (Wildman–Crippen MR) is 105 cm³/mol. The Bertz CT molecular complexity index is 1070. The standard InChI is InChI=1S/C20H19N7O2/c1-29-17-6-12(9-24-20(28)13-3-4-13)2-5-15(17)16-7-18(27-26-16)25-19-11-22-14(8-21)10-23-19/h2,5-7,10-11,13H,3-4,9H2,1H3,(H,24,28)(H2,23,25,26,27). The van der Waals surface area contributed by atoms with Gasteiger partial charge in [0.25, 0.3) is 0 Å². The van der Waals surface area contributed by atoms with Crippen molar-refractivity contribution in [2.24, 2.45) is 5.92 Å². The van der Waals surface area contributed by atoms with Gasteiger partial charge in [-0.2, -0.15) is 10.4 Å². The van der Waals surface area contributed by atoms with E-state index in [4.69, 9.17) is 10.00 Å². The Morgan fingerprint density at radius 1 is 1.28 bits per heavy atom. The fraction of sp³-hybridized carbons (Fsp3) is 0.250. The van der Waals surface area contributed by atoms with Crippen molar-refractivity contribution in [3.63, 3.8) is 0 Å². The van der Waals surface area contributed by atoms with Gasteiger partial charge < -0.3 is 15.4 Å². The van der Waals surface area contributed by atoms with Crippen molar-refractivity contribution in [2.45, 2.75) is 19.4 Å². The summed E-state index contributed by atoms with van der Waals surface area (Å²) in [5.41, 5.74) is 2.82. The van der Waals surface area contributed by atoms with Crippen LogP contribution in [0.2, 0.25) is 0 Å². The highest BCUT2D eigenvalue weighted by molar-refractivity contribution is 5.80. The van der Waals surface area contributed by atoms with Crippen LogP contribution in [0.5, 0.6) is 5.75 Å². The maximum Gasteiger partial charge on any atom is 0.223 e. The smallest absolute Gasteiger partial charge is 0.223 e. The lowest BCUT2D eigenvalue weighted by atomic mass is 10.1. The lowest BCUT2D eigenvalue weighted by molar-refractivity contribution is -0.122. The molecule has 3 aromatic rings. The van der Waals surface area contributed by atoms with Crippen LogP contribution in [0.1, 0.15) is 24.1 Å². The lowest BCUT2D eigenvalue weighted by Gasteiger charge is -2.10. The van der Waals surface area contributed by atoms with Gasteiger partial charge in [0, 0.05) is 24.1 Å². The molecule has 1 saturated carbocycles. The monoisotopic (exact) mass is 389 g/mol. The number of aromatic nitrogens is 4. The zero-order chi connectivity index (χ0) is 20.2. The van der Waals surface area contributed by atoms with E-state index in [0.717, 1.165) is 29.7 Å². The number of H-pyrrole nitrogens is 1. The number of carbonyl (C=O) groups excluding carboxylic acids is 1.